The molecule has 0 fully saturated rings. The maximum Gasteiger partial charge on any atom is 0.251 e. The molecule has 2 aromatic rings. The summed E-state index contributed by atoms with van der Waals surface area (Å²) in [5.41, 5.74) is 0.656. The minimum absolute atomic E-state index is 0.0440. The predicted octanol–water partition coefficient (Wildman–Crippen LogP) is 3.01. The Kier molecular flexibility index (Phi) is 4.23. The molecule has 1 aromatic carbocycles. The van der Waals surface area contributed by atoms with Crippen molar-refractivity contribution >= 4 is 29.9 Å². The summed E-state index contributed by atoms with van der Waals surface area (Å²) in [7, 11) is 0. The first kappa shape index (κ1) is 12.2. The van der Waals surface area contributed by atoms with Crippen LogP contribution in [0.2, 0.25) is 0 Å². The molecule has 0 aliphatic carbocycles. The second kappa shape index (κ2) is 5.89. The maximum atomic E-state index is 11.8. The SMILES string of the molecule is O=C(NCCc1cccs1)c1cccc(S)c1. The van der Waals surface area contributed by atoms with E-state index in [0.717, 1.165) is 11.3 Å². The quantitative estimate of drug-likeness (QED) is 0.816. The number of hydrogen-bond donors (Lipinski definition) is 2. The lowest BCUT2D eigenvalue weighted by molar-refractivity contribution is 0.0954. The van der Waals surface area contributed by atoms with E-state index in [-0.39, 0.29) is 5.91 Å². The topological polar surface area (TPSA) is 29.1 Å². The summed E-state index contributed by atoms with van der Waals surface area (Å²) in [6.07, 6.45) is 0.879. The summed E-state index contributed by atoms with van der Waals surface area (Å²) >= 11 is 5.92. The zero-order chi connectivity index (χ0) is 12.1. The van der Waals surface area contributed by atoms with E-state index < -0.39 is 0 Å². The highest BCUT2D eigenvalue weighted by Crippen LogP contribution is 2.10. The lowest BCUT2D eigenvalue weighted by atomic mass is 10.2. The number of amides is 1. The molecule has 0 radical (unpaired) electrons. The van der Waals surface area contributed by atoms with Crippen LogP contribution in [0.4, 0.5) is 0 Å². The van der Waals surface area contributed by atoms with Crippen molar-refractivity contribution in [1.29, 1.82) is 0 Å². The number of rotatable bonds is 4. The van der Waals surface area contributed by atoms with Crippen molar-refractivity contribution in [3.63, 3.8) is 0 Å². The Bertz CT molecular complexity index is 494. The van der Waals surface area contributed by atoms with Gasteiger partial charge in [0.05, 0.1) is 0 Å². The molecule has 4 heteroatoms. The number of carbonyl (C=O) groups excluding carboxylic acids is 1. The Morgan fingerprint density at radius 3 is 2.88 bits per heavy atom. The third-order valence-corrected chi connectivity index (χ3v) is 3.56. The molecule has 0 bridgehead atoms. The first-order valence-corrected chi connectivity index (χ1v) is 6.68. The monoisotopic (exact) mass is 263 g/mol. The van der Waals surface area contributed by atoms with Crippen molar-refractivity contribution < 1.29 is 4.79 Å². The fourth-order valence-corrected chi connectivity index (χ4v) is 2.44. The zero-order valence-corrected chi connectivity index (χ0v) is 10.9. The van der Waals surface area contributed by atoms with Crippen LogP contribution in [0.15, 0.2) is 46.7 Å². The van der Waals surface area contributed by atoms with E-state index in [1.54, 1.807) is 23.5 Å². The van der Waals surface area contributed by atoms with Crippen LogP contribution < -0.4 is 5.32 Å². The molecule has 0 spiro atoms. The van der Waals surface area contributed by atoms with Crippen LogP contribution in [-0.2, 0) is 6.42 Å². The molecule has 0 aliphatic heterocycles. The second-order valence-corrected chi connectivity index (χ2v) is 5.18. The lowest BCUT2D eigenvalue weighted by Gasteiger charge is -2.04. The van der Waals surface area contributed by atoms with Gasteiger partial charge in [0.1, 0.15) is 0 Å². The third-order valence-electron chi connectivity index (χ3n) is 2.35. The van der Waals surface area contributed by atoms with Gasteiger partial charge in [0.15, 0.2) is 0 Å². The molecule has 1 N–H and O–H groups in total. The van der Waals surface area contributed by atoms with Gasteiger partial charge in [0, 0.05) is 21.9 Å². The predicted molar refractivity (Wildman–Crippen MR) is 74.1 cm³/mol. The Labute approximate surface area is 110 Å². The average Bonchev–Trinajstić information content (AvgIpc) is 2.82. The highest BCUT2D eigenvalue weighted by atomic mass is 32.1. The summed E-state index contributed by atoms with van der Waals surface area (Å²) in [6.45, 7) is 0.663. The molecule has 1 aromatic heterocycles. The third kappa shape index (κ3) is 3.61. The van der Waals surface area contributed by atoms with Gasteiger partial charge in [0.25, 0.3) is 5.91 Å². The average molecular weight is 263 g/mol. The molecule has 1 heterocycles. The van der Waals surface area contributed by atoms with Crippen LogP contribution in [0.25, 0.3) is 0 Å². The maximum absolute atomic E-state index is 11.8. The summed E-state index contributed by atoms with van der Waals surface area (Å²) < 4.78 is 0. The van der Waals surface area contributed by atoms with Crippen LogP contribution >= 0.6 is 24.0 Å². The minimum Gasteiger partial charge on any atom is -0.352 e. The molecule has 0 unspecified atom stereocenters. The van der Waals surface area contributed by atoms with Gasteiger partial charge >= 0.3 is 0 Å². The van der Waals surface area contributed by atoms with Gasteiger partial charge in [-0.2, -0.15) is 0 Å². The Morgan fingerprint density at radius 1 is 1.29 bits per heavy atom. The van der Waals surface area contributed by atoms with Crippen molar-refractivity contribution in [1.82, 2.24) is 5.32 Å². The number of thiol groups is 1. The molecule has 0 aliphatic rings. The number of thiophene rings is 1. The molecule has 0 atom stereocenters. The van der Waals surface area contributed by atoms with Gasteiger partial charge in [-0.15, -0.1) is 24.0 Å². The van der Waals surface area contributed by atoms with Crippen LogP contribution in [0.1, 0.15) is 15.2 Å². The lowest BCUT2D eigenvalue weighted by Crippen LogP contribution is -2.25. The molecule has 88 valence electrons. The fourth-order valence-electron chi connectivity index (χ4n) is 1.50. The van der Waals surface area contributed by atoms with Crippen LogP contribution in [0.5, 0.6) is 0 Å². The van der Waals surface area contributed by atoms with E-state index in [0.29, 0.717) is 12.1 Å². The summed E-state index contributed by atoms with van der Waals surface area (Å²) in [6, 6.07) is 11.3. The Morgan fingerprint density at radius 2 is 2.18 bits per heavy atom. The number of carbonyl (C=O) groups is 1. The Hall–Kier alpha value is -1.26. The fraction of sp³-hybridized carbons (Fsp3) is 0.154. The molecule has 1 amide bonds. The second-order valence-electron chi connectivity index (χ2n) is 3.64. The van der Waals surface area contributed by atoms with Gasteiger partial charge in [-0.25, -0.2) is 0 Å². The van der Waals surface area contributed by atoms with Gasteiger partial charge in [-0.05, 0) is 36.1 Å². The molecular weight excluding hydrogens is 250 g/mol. The van der Waals surface area contributed by atoms with E-state index in [2.05, 4.69) is 24.0 Å². The number of benzene rings is 1. The molecular formula is C13H13NOS2. The first-order valence-electron chi connectivity index (χ1n) is 5.35. The number of hydrogen-bond acceptors (Lipinski definition) is 3. The molecule has 2 nitrogen and oxygen atoms in total. The van der Waals surface area contributed by atoms with Gasteiger partial charge in [-0.1, -0.05) is 12.1 Å². The zero-order valence-electron chi connectivity index (χ0n) is 9.22. The van der Waals surface area contributed by atoms with E-state index in [9.17, 15) is 4.79 Å². The molecule has 0 saturated heterocycles. The Balaban J connectivity index is 1.85. The van der Waals surface area contributed by atoms with Crippen molar-refractivity contribution in [3.8, 4) is 0 Å². The van der Waals surface area contributed by atoms with E-state index in [1.807, 2.05) is 23.6 Å². The highest BCUT2D eigenvalue weighted by Gasteiger charge is 2.04. The van der Waals surface area contributed by atoms with Crippen molar-refractivity contribution in [2.75, 3.05) is 6.54 Å². The van der Waals surface area contributed by atoms with Crippen molar-refractivity contribution in [3.05, 3.63) is 52.2 Å². The number of nitrogens with one attached hydrogen (secondary N) is 1. The smallest absolute Gasteiger partial charge is 0.251 e. The molecule has 17 heavy (non-hydrogen) atoms. The van der Waals surface area contributed by atoms with Crippen molar-refractivity contribution in [2.24, 2.45) is 0 Å². The summed E-state index contributed by atoms with van der Waals surface area (Å²) in [4.78, 5) is 13.9. The van der Waals surface area contributed by atoms with Gasteiger partial charge < -0.3 is 5.32 Å². The minimum atomic E-state index is -0.0440. The van der Waals surface area contributed by atoms with E-state index in [1.165, 1.54) is 4.88 Å². The largest absolute Gasteiger partial charge is 0.352 e. The molecule has 0 saturated carbocycles. The van der Waals surface area contributed by atoms with Gasteiger partial charge in [0.2, 0.25) is 0 Å². The van der Waals surface area contributed by atoms with E-state index >= 15 is 0 Å². The first-order chi connectivity index (χ1) is 8.25. The standard InChI is InChI=1S/C13H13NOS2/c15-13(10-3-1-4-11(16)9-10)14-7-6-12-5-2-8-17-12/h1-5,8-9,16H,6-7H2,(H,14,15). The van der Waals surface area contributed by atoms with Crippen LogP contribution in [-0.4, -0.2) is 12.5 Å². The summed E-state index contributed by atoms with van der Waals surface area (Å²) in [5.74, 6) is -0.0440. The van der Waals surface area contributed by atoms with E-state index in [4.69, 9.17) is 0 Å². The van der Waals surface area contributed by atoms with Crippen molar-refractivity contribution in [2.45, 2.75) is 11.3 Å². The normalized spacial score (nSPS) is 10.2. The summed E-state index contributed by atoms with van der Waals surface area (Å²) in [5, 5.41) is 4.94. The molecule has 2 rings (SSSR count). The van der Waals surface area contributed by atoms with Crippen LogP contribution in [0.3, 0.4) is 0 Å². The highest BCUT2D eigenvalue weighted by molar-refractivity contribution is 7.80. The van der Waals surface area contributed by atoms with Crippen LogP contribution in [0, 0.1) is 0 Å². The van der Waals surface area contributed by atoms with Gasteiger partial charge in [-0.3, -0.25) is 4.79 Å².